The smallest absolute Gasteiger partial charge is 0.351 e. The van der Waals surface area contributed by atoms with Crippen LogP contribution in [0.1, 0.15) is 11.1 Å². The molecule has 0 radical (unpaired) electrons. The van der Waals surface area contributed by atoms with E-state index in [1.807, 2.05) is 19.1 Å². The highest BCUT2D eigenvalue weighted by Gasteiger charge is 2.15. The first kappa shape index (κ1) is 19.3. The lowest BCUT2D eigenvalue weighted by Gasteiger charge is -2.05. The molecular weight excluding hydrogens is 389 g/mol. The quantitative estimate of drug-likeness (QED) is 0.530. The molecule has 0 aliphatic rings. The first-order valence-corrected chi connectivity index (χ1v) is 9.19. The highest BCUT2D eigenvalue weighted by molar-refractivity contribution is 5.75. The van der Waals surface area contributed by atoms with Crippen molar-refractivity contribution in [3.05, 3.63) is 88.4 Å². The van der Waals surface area contributed by atoms with Crippen molar-refractivity contribution < 1.29 is 13.9 Å². The van der Waals surface area contributed by atoms with E-state index >= 15 is 0 Å². The molecule has 152 valence electrons. The molecule has 0 bridgehead atoms. The van der Waals surface area contributed by atoms with Gasteiger partial charge in [-0.1, -0.05) is 29.8 Å². The molecule has 2 heterocycles. The number of aromatic nitrogens is 4. The molecule has 2 aromatic carbocycles. The van der Waals surface area contributed by atoms with Gasteiger partial charge in [0.1, 0.15) is 18.1 Å². The van der Waals surface area contributed by atoms with Gasteiger partial charge in [-0.3, -0.25) is 4.79 Å². The van der Waals surface area contributed by atoms with Crippen LogP contribution < -0.4 is 15.7 Å². The molecule has 1 amide bonds. The fourth-order valence-electron chi connectivity index (χ4n) is 2.81. The number of carbonyl (C=O) groups excluding carboxylic acids is 1. The molecule has 0 unspecified atom stereocenters. The lowest BCUT2D eigenvalue weighted by Crippen LogP contribution is -2.32. The number of amides is 1. The summed E-state index contributed by atoms with van der Waals surface area (Å²) in [6, 6.07) is 13.2. The number of fused-ring (bicyclic) bond motifs is 1. The zero-order chi connectivity index (χ0) is 21.1. The topological polar surface area (TPSA) is 90.5 Å². The fourth-order valence-corrected chi connectivity index (χ4v) is 2.81. The average Bonchev–Trinajstić information content (AvgIpc) is 3.06. The van der Waals surface area contributed by atoms with Crippen molar-refractivity contribution in [2.75, 3.05) is 0 Å². The molecule has 0 saturated carbocycles. The van der Waals surface area contributed by atoms with E-state index in [1.54, 1.807) is 24.3 Å². The molecule has 0 spiro atoms. The van der Waals surface area contributed by atoms with Crippen molar-refractivity contribution in [2.24, 2.45) is 0 Å². The molecule has 0 fully saturated rings. The summed E-state index contributed by atoms with van der Waals surface area (Å²) in [6.07, 6.45) is 2.89. The zero-order valence-electron chi connectivity index (χ0n) is 16.1. The minimum Gasteiger partial charge on any atom is -0.436 e. The van der Waals surface area contributed by atoms with Crippen LogP contribution in [0.25, 0.3) is 5.65 Å². The molecular formula is C21H18FN5O3. The van der Waals surface area contributed by atoms with Gasteiger partial charge in [0.25, 0.3) is 5.88 Å². The fraction of sp³-hybridized carbons (Fsp3) is 0.143. The summed E-state index contributed by atoms with van der Waals surface area (Å²) in [4.78, 5) is 29.0. The van der Waals surface area contributed by atoms with Crippen LogP contribution in [-0.4, -0.2) is 25.1 Å². The van der Waals surface area contributed by atoms with Crippen LogP contribution in [0.4, 0.5) is 4.39 Å². The number of hydrogen-bond acceptors (Lipinski definition) is 5. The Morgan fingerprint density at radius 2 is 1.87 bits per heavy atom. The van der Waals surface area contributed by atoms with Gasteiger partial charge >= 0.3 is 5.69 Å². The van der Waals surface area contributed by atoms with Crippen LogP contribution >= 0.6 is 0 Å². The van der Waals surface area contributed by atoms with Gasteiger partial charge in [-0.15, -0.1) is 5.10 Å². The van der Waals surface area contributed by atoms with E-state index in [9.17, 15) is 14.0 Å². The standard InChI is InChI=1S/C21H18FN5O3/c1-14-2-8-17(9-3-14)30-20-19-25-27(21(29)26(19)11-10-23-20)13-18(28)24-12-15-4-6-16(22)7-5-15/h2-11H,12-13H2,1H3,(H,24,28). The van der Waals surface area contributed by atoms with Gasteiger partial charge in [0.15, 0.2) is 0 Å². The van der Waals surface area contributed by atoms with Gasteiger partial charge in [-0.05, 0) is 36.8 Å². The van der Waals surface area contributed by atoms with Crippen molar-refractivity contribution in [3.8, 4) is 11.6 Å². The molecule has 0 aliphatic carbocycles. The molecule has 4 aromatic rings. The molecule has 8 nitrogen and oxygen atoms in total. The normalized spacial score (nSPS) is 10.9. The second-order valence-corrected chi connectivity index (χ2v) is 6.68. The molecule has 4 rings (SSSR count). The number of aryl methyl sites for hydroxylation is 1. The number of hydrogen-bond donors (Lipinski definition) is 1. The van der Waals surface area contributed by atoms with Gasteiger partial charge < -0.3 is 10.1 Å². The third-order valence-electron chi connectivity index (χ3n) is 4.40. The van der Waals surface area contributed by atoms with E-state index < -0.39 is 11.6 Å². The Morgan fingerprint density at radius 1 is 1.13 bits per heavy atom. The van der Waals surface area contributed by atoms with E-state index in [-0.39, 0.29) is 30.4 Å². The maximum absolute atomic E-state index is 13.0. The van der Waals surface area contributed by atoms with Gasteiger partial charge in [-0.2, -0.15) is 0 Å². The van der Waals surface area contributed by atoms with Crippen LogP contribution in [0.3, 0.4) is 0 Å². The largest absolute Gasteiger partial charge is 0.436 e. The Morgan fingerprint density at radius 3 is 2.60 bits per heavy atom. The van der Waals surface area contributed by atoms with E-state index in [0.29, 0.717) is 5.75 Å². The lowest BCUT2D eigenvalue weighted by atomic mass is 10.2. The minimum atomic E-state index is -0.488. The first-order valence-electron chi connectivity index (χ1n) is 9.19. The van der Waals surface area contributed by atoms with Crippen LogP contribution in [0.2, 0.25) is 0 Å². The molecule has 1 N–H and O–H groups in total. The summed E-state index contributed by atoms with van der Waals surface area (Å²) in [6.45, 7) is 1.90. The summed E-state index contributed by atoms with van der Waals surface area (Å²) in [5, 5.41) is 6.88. The number of halogens is 1. The SMILES string of the molecule is Cc1ccc(Oc2nccn3c(=O)n(CC(=O)NCc4ccc(F)cc4)nc23)cc1. The number of ether oxygens (including phenoxy) is 1. The molecule has 9 heteroatoms. The van der Waals surface area contributed by atoms with Crippen LogP contribution in [0.15, 0.2) is 65.7 Å². The Labute approximate surface area is 170 Å². The Bertz CT molecular complexity index is 1250. The van der Waals surface area contributed by atoms with Gasteiger partial charge in [0.05, 0.1) is 0 Å². The van der Waals surface area contributed by atoms with Crippen molar-refractivity contribution in [1.29, 1.82) is 0 Å². The Balaban J connectivity index is 1.51. The number of benzene rings is 2. The third-order valence-corrected chi connectivity index (χ3v) is 4.40. The van der Waals surface area contributed by atoms with Crippen LogP contribution in [0.5, 0.6) is 11.6 Å². The van der Waals surface area contributed by atoms with E-state index in [2.05, 4.69) is 15.4 Å². The van der Waals surface area contributed by atoms with Crippen LogP contribution in [-0.2, 0) is 17.9 Å². The van der Waals surface area contributed by atoms with Gasteiger partial charge in [0.2, 0.25) is 11.6 Å². The van der Waals surface area contributed by atoms with Crippen molar-refractivity contribution >= 4 is 11.6 Å². The Kier molecular flexibility index (Phi) is 5.25. The van der Waals surface area contributed by atoms with Gasteiger partial charge in [-0.25, -0.2) is 23.3 Å². The zero-order valence-corrected chi connectivity index (χ0v) is 16.1. The lowest BCUT2D eigenvalue weighted by molar-refractivity contribution is -0.122. The summed E-state index contributed by atoms with van der Waals surface area (Å²) in [5.74, 6) is -0.0402. The highest BCUT2D eigenvalue weighted by atomic mass is 19.1. The van der Waals surface area contributed by atoms with E-state index in [0.717, 1.165) is 15.8 Å². The summed E-state index contributed by atoms with van der Waals surface area (Å²) in [7, 11) is 0. The molecule has 0 saturated heterocycles. The summed E-state index contributed by atoms with van der Waals surface area (Å²) >= 11 is 0. The summed E-state index contributed by atoms with van der Waals surface area (Å²) < 4.78 is 21.0. The molecule has 0 atom stereocenters. The van der Waals surface area contributed by atoms with Gasteiger partial charge in [0, 0.05) is 18.9 Å². The predicted octanol–water partition coefficient (Wildman–Crippen LogP) is 2.45. The predicted molar refractivity (Wildman–Crippen MR) is 107 cm³/mol. The highest BCUT2D eigenvalue weighted by Crippen LogP contribution is 2.22. The number of rotatable bonds is 6. The van der Waals surface area contributed by atoms with E-state index in [4.69, 9.17) is 4.74 Å². The number of nitrogens with one attached hydrogen (secondary N) is 1. The molecule has 2 aromatic heterocycles. The maximum atomic E-state index is 13.0. The molecule has 30 heavy (non-hydrogen) atoms. The maximum Gasteiger partial charge on any atom is 0.351 e. The van der Waals surface area contributed by atoms with E-state index in [1.165, 1.54) is 28.9 Å². The third kappa shape index (κ3) is 4.19. The van der Waals surface area contributed by atoms with Crippen molar-refractivity contribution in [2.45, 2.75) is 20.0 Å². The summed E-state index contributed by atoms with van der Waals surface area (Å²) in [5.41, 5.74) is 1.54. The molecule has 0 aliphatic heterocycles. The van der Waals surface area contributed by atoms with Crippen molar-refractivity contribution in [3.63, 3.8) is 0 Å². The second kappa shape index (κ2) is 8.16. The number of carbonyl (C=O) groups is 1. The van der Waals surface area contributed by atoms with Crippen molar-refractivity contribution in [1.82, 2.24) is 24.5 Å². The second-order valence-electron chi connectivity index (χ2n) is 6.68. The minimum absolute atomic E-state index is 0.156. The monoisotopic (exact) mass is 407 g/mol. The Hall–Kier alpha value is -4.01. The number of nitrogens with zero attached hydrogens (tertiary/aromatic N) is 4. The average molecular weight is 407 g/mol. The first-order chi connectivity index (χ1) is 14.5. The van der Waals surface area contributed by atoms with Crippen LogP contribution in [0, 0.1) is 12.7 Å².